The fourth-order valence-corrected chi connectivity index (χ4v) is 3.01. The molecule has 2 atom stereocenters. The van der Waals surface area contributed by atoms with Crippen LogP contribution in [0, 0.1) is 0 Å². The molecule has 0 saturated carbocycles. The van der Waals surface area contributed by atoms with Crippen molar-refractivity contribution in [3.63, 3.8) is 0 Å². The first kappa shape index (κ1) is 26.5. The van der Waals surface area contributed by atoms with Gasteiger partial charge in [-0.3, -0.25) is 4.79 Å². The summed E-state index contributed by atoms with van der Waals surface area (Å²) >= 11 is 0. The first-order valence-corrected chi connectivity index (χ1v) is 12.7. The Morgan fingerprint density at radius 1 is 1.04 bits per heavy atom. The number of carbonyl (C=O) groups is 3. The van der Waals surface area contributed by atoms with Crippen molar-refractivity contribution in [2.24, 2.45) is 11.5 Å². The van der Waals surface area contributed by atoms with Crippen molar-refractivity contribution in [3.8, 4) is 0 Å². The van der Waals surface area contributed by atoms with E-state index >= 15 is 0 Å². The fraction of sp³-hybridized carbons (Fsp3) is 0.833. The van der Waals surface area contributed by atoms with Gasteiger partial charge in [0, 0.05) is 12.3 Å². The molecule has 9 nitrogen and oxygen atoms in total. The van der Waals surface area contributed by atoms with Crippen molar-refractivity contribution in [2.45, 2.75) is 44.2 Å². The van der Waals surface area contributed by atoms with Gasteiger partial charge in [-0.25, -0.2) is 19.6 Å². The molecule has 7 N–H and O–H groups in total. The van der Waals surface area contributed by atoms with Gasteiger partial charge in [-0.1, -0.05) is 0 Å². The summed E-state index contributed by atoms with van der Waals surface area (Å²) in [6.07, 6.45) is 9.56. The van der Waals surface area contributed by atoms with Crippen molar-refractivity contribution in [1.29, 1.82) is 0 Å². The summed E-state index contributed by atoms with van der Waals surface area (Å²) in [4.78, 5) is 35.7. The highest BCUT2D eigenvalue weighted by molar-refractivity contribution is 8.32. The maximum Gasteiger partial charge on any atom is 0.328 e. The number of nitrogens with two attached hydrogens (primary N) is 2. The molecule has 0 aliphatic carbocycles. The zero-order valence-corrected chi connectivity index (χ0v) is 18.5. The lowest BCUT2D eigenvalue weighted by Crippen LogP contribution is -2.50. The van der Waals surface area contributed by atoms with E-state index in [1.165, 1.54) is 0 Å². The topological polar surface area (TPSA) is 149 Å². The highest BCUT2D eigenvalue weighted by Crippen LogP contribution is 2.33. The fourth-order valence-electron chi connectivity index (χ4n) is 2.43. The molecule has 0 heterocycles. The molecule has 0 spiro atoms. The quantitative estimate of drug-likeness (QED) is 0.184. The molecule has 3 amide bonds. The Kier molecular flexibility index (Phi) is 13.7. The molecule has 0 aromatic rings. The van der Waals surface area contributed by atoms with Crippen LogP contribution in [-0.2, 0) is 14.3 Å². The number of hydrogen-bond donors (Lipinski definition) is 5. The first-order valence-electron chi connectivity index (χ1n) is 9.64. The van der Waals surface area contributed by atoms with Crippen LogP contribution in [0.15, 0.2) is 0 Å². The molecule has 0 aromatic carbocycles. The Labute approximate surface area is 170 Å². The van der Waals surface area contributed by atoms with Crippen LogP contribution in [-0.4, -0.2) is 81.3 Å². The molecule has 10 heteroatoms. The molecule has 0 fully saturated rings. The highest BCUT2D eigenvalue weighted by atomic mass is 32.3. The number of carbonyl (C=O) groups excluding carboxylic acids is 3. The molecule has 166 valence electrons. The van der Waals surface area contributed by atoms with Crippen LogP contribution in [0.3, 0.4) is 0 Å². The van der Waals surface area contributed by atoms with E-state index in [9.17, 15) is 14.4 Å². The van der Waals surface area contributed by atoms with E-state index in [0.717, 1.165) is 18.6 Å². The van der Waals surface area contributed by atoms with Crippen LogP contribution < -0.4 is 27.4 Å². The minimum absolute atomic E-state index is 0.266. The molecule has 0 radical (unpaired) electrons. The second kappa shape index (κ2) is 14.5. The summed E-state index contributed by atoms with van der Waals surface area (Å²) in [7, 11) is 0.924. The van der Waals surface area contributed by atoms with Crippen molar-refractivity contribution in [1.82, 2.24) is 16.0 Å². The second-order valence-electron chi connectivity index (χ2n) is 7.58. The van der Waals surface area contributed by atoms with Crippen LogP contribution in [0.4, 0.5) is 4.79 Å². The summed E-state index contributed by atoms with van der Waals surface area (Å²) in [6, 6.07) is -1.75. The molecular formula is C18H39N5O4S. The zero-order valence-electron chi connectivity index (χ0n) is 17.7. The number of rotatable bonds is 15. The van der Waals surface area contributed by atoms with E-state index in [2.05, 4.69) is 34.7 Å². The van der Waals surface area contributed by atoms with Crippen molar-refractivity contribution < 1.29 is 19.1 Å². The maximum atomic E-state index is 12.6. The van der Waals surface area contributed by atoms with Gasteiger partial charge in [0.2, 0.25) is 5.91 Å². The number of likely N-dealkylation sites (N-methyl/N-ethyl adjacent to an activating group) is 1. The van der Waals surface area contributed by atoms with E-state index in [-0.39, 0.29) is 5.91 Å². The van der Waals surface area contributed by atoms with Gasteiger partial charge < -0.3 is 32.2 Å². The minimum atomic E-state index is -0.756. The lowest BCUT2D eigenvalue weighted by Gasteiger charge is -2.26. The monoisotopic (exact) mass is 421 g/mol. The normalized spacial score (nSPS) is 14.0. The zero-order chi connectivity index (χ0) is 21.6. The third-order valence-electron chi connectivity index (χ3n) is 4.12. The van der Waals surface area contributed by atoms with Gasteiger partial charge in [0.25, 0.3) is 0 Å². The summed E-state index contributed by atoms with van der Waals surface area (Å²) < 4.78 is 5.40. The van der Waals surface area contributed by atoms with E-state index < -0.39 is 34.1 Å². The van der Waals surface area contributed by atoms with Crippen LogP contribution in [0.2, 0.25) is 0 Å². The van der Waals surface area contributed by atoms with Gasteiger partial charge in [-0.2, -0.15) is 0 Å². The third kappa shape index (κ3) is 13.6. The summed E-state index contributed by atoms with van der Waals surface area (Å²) in [5.74, 6) is 0.158. The number of ether oxygens (including phenoxy) is 1. The van der Waals surface area contributed by atoms with Crippen molar-refractivity contribution in [2.75, 3.05) is 51.3 Å². The van der Waals surface area contributed by atoms with Crippen LogP contribution >= 0.6 is 10.0 Å². The Morgan fingerprint density at radius 3 is 2.21 bits per heavy atom. The molecule has 0 rings (SSSR count). The Morgan fingerprint density at radius 2 is 1.68 bits per heavy atom. The van der Waals surface area contributed by atoms with Crippen molar-refractivity contribution in [3.05, 3.63) is 0 Å². The van der Waals surface area contributed by atoms with E-state index in [0.29, 0.717) is 39.0 Å². The SMILES string of the molecule is CN[C@@H](CCCNC(N)=O)C(=O)N[C@@H](CCCCN)C(=O)OCCS(C)(C)C. The van der Waals surface area contributed by atoms with Gasteiger partial charge in [0.15, 0.2) is 0 Å². The minimum Gasteiger partial charge on any atom is -0.463 e. The average molecular weight is 422 g/mol. The lowest BCUT2D eigenvalue weighted by molar-refractivity contribution is -0.147. The molecule has 0 saturated heterocycles. The van der Waals surface area contributed by atoms with E-state index in [1.54, 1.807) is 7.05 Å². The number of esters is 1. The molecule has 0 aliphatic heterocycles. The molecule has 0 bridgehead atoms. The third-order valence-corrected chi connectivity index (χ3v) is 5.51. The number of nitrogens with one attached hydrogen (secondary N) is 3. The average Bonchev–Trinajstić information content (AvgIpc) is 2.59. The molecular weight excluding hydrogens is 382 g/mol. The van der Waals surface area contributed by atoms with Crippen LogP contribution in [0.5, 0.6) is 0 Å². The number of urea groups is 1. The Balaban J connectivity index is 4.68. The molecule has 28 heavy (non-hydrogen) atoms. The Bertz CT molecular complexity index is 485. The standard InChI is InChI=1S/C18H39N5O4S/c1-21-14(9-7-11-22-18(20)26)16(24)23-15(8-5-6-10-19)17(25)27-12-13-28(2,3)4/h14-15,21H,5-13,19H2,1-4H3,(H,23,24)(H3,20,22,26)/t14-,15-/m0/s1. The molecule has 0 unspecified atom stereocenters. The van der Waals surface area contributed by atoms with Gasteiger partial charge in [0.1, 0.15) is 6.04 Å². The smallest absolute Gasteiger partial charge is 0.328 e. The van der Waals surface area contributed by atoms with E-state index in [1.807, 2.05) is 0 Å². The summed E-state index contributed by atoms with van der Waals surface area (Å²) in [5.41, 5.74) is 10.6. The van der Waals surface area contributed by atoms with Crippen LogP contribution in [0.25, 0.3) is 0 Å². The van der Waals surface area contributed by atoms with Crippen molar-refractivity contribution >= 4 is 27.9 Å². The number of primary amides is 1. The number of hydrogen-bond acceptors (Lipinski definition) is 6. The van der Waals surface area contributed by atoms with Crippen LogP contribution in [0.1, 0.15) is 32.1 Å². The molecule has 0 aliphatic rings. The lowest BCUT2D eigenvalue weighted by atomic mass is 10.1. The Hall–Kier alpha value is -1.52. The predicted octanol–water partition coefficient (Wildman–Crippen LogP) is -0.126. The first-order chi connectivity index (χ1) is 13.1. The maximum absolute atomic E-state index is 12.6. The van der Waals surface area contributed by atoms with Gasteiger partial charge in [-0.05, 0) is 64.5 Å². The highest BCUT2D eigenvalue weighted by Gasteiger charge is 2.25. The largest absolute Gasteiger partial charge is 0.463 e. The number of unbranched alkanes of at least 4 members (excludes halogenated alkanes) is 1. The number of amides is 3. The predicted molar refractivity (Wildman–Crippen MR) is 116 cm³/mol. The van der Waals surface area contributed by atoms with Gasteiger partial charge in [-0.15, -0.1) is 0 Å². The van der Waals surface area contributed by atoms with Gasteiger partial charge >= 0.3 is 12.0 Å². The molecule has 0 aromatic heterocycles. The summed E-state index contributed by atoms with van der Waals surface area (Å²) in [6.45, 7) is 1.28. The van der Waals surface area contributed by atoms with Gasteiger partial charge in [0.05, 0.1) is 12.6 Å². The van der Waals surface area contributed by atoms with E-state index in [4.69, 9.17) is 16.2 Å². The summed E-state index contributed by atoms with van der Waals surface area (Å²) in [5, 5.41) is 8.23. The second-order valence-corrected chi connectivity index (χ2v) is 12.2.